The van der Waals surface area contributed by atoms with Crippen LogP contribution in [0.15, 0.2) is 71.0 Å². The zero-order chi connectivity index (χ0) is 29.3. The molecule has 6 rings (SSSR count). The molecule has 12 nitrogen and oxygen atoms in total. The van der Waals surface area contributed by atoms with Crippen molar-refractivity contribution in [2.24, 2.45) is 5.73 Å². The predicted octanol–water partition coefficient (Wildman–Crippen LogP) is 4.61. The van der Waals surface area contributed by atoms with Crippen molar-refractivity contribution in [2.45, 2.75) is 44.8 Å². The van der Waals surface area contributed by atoms with Gasteiger partial charge < -0.3 is 19.8 Å². The number of hydrogen-bond acceptors (Lipinski definition) is 10. The third-order valence-electron chi connectivity index (χ3n) is 7.07. The molecule has 2 amide bonds. The van der Waals surface area contributed by atoms with E-state index < -0.39 is 11.7 Å². The minimum atomic E-state index is -1.34. The van der Waals surface area contributed by atoms with Crippen LogP contribution in [0, 0.1) is 6.92 Å². The molecule has 0 unspecified atom stereocenters. The quantitative estimate of drug-likeness (QED) is 0.275. The number of thiazole rings is 1. The van der Waals surface area contributed by atoms with Gasteiger partial charge in [0.1, 0.15) is 22.8 Å². The maximum Gasteiger partial charge on any atom is 0.405 e. The van der Waals surface area contributed by atoms with Crippen LogP contribution in [-0.4, -0.2) is 53.2 Å². The molecule has 1 aliphatic heterocycles. The first kappa shape index (κ1) is 27.3. The molecule has 4 aromatic heterocycles. The van der Waals surface area contributed by atoms with Gasteiger partial charge in [-0.25, -0.2) is 19.7 Å². The zero-order valence-electron chi connectivity index (χ0n) is 23.0. The normalized spacial score (nSPS) is 16.3. The third kappa shape index (κ3) is 5.50. The van der Waals surface area contributed by atoms with E-state index in [9.17, 15) is 9.59 Å². The van der Waals surface area contributed by atoms with Crippen LogP contribution in [0.25, 0.3) is 17.4 Å². The maximum atomic E-state index is 13.9. The average molecular weight is 585 g/mol. The number of aromatic nitrogens is 6. The minimum Gasteiger partial charge on any atom is -0.433 e. The van der Waals surface area contributed by atoms with E-state index in [1.807, 2.05) is 47.5 Å². The number of ether oxygens (including phenoxy) is 1. The lowest BCUT2D eigenvalue weighted by Crippen LogP contribution is -2.34. The summed E-state index contributed by atoms with van der Waals surface area (Å²) in [7, 11) is 0. The van der Waals surface area contributed by atoms with Gasteiger partial charge in [-0.3, -0.25) is 9.36 Å². The molecular weight excluding hydrogens is 556 g/mol. The van der Waals surface area contributed by atoms with Crippen molar-refractivity contribution < 1.29 is 18.7 Å². The number of nitrogens with two attached hydrogens (primary N) is 1. The van der Waals surface area contributed by atoms with Gasteiger partial charge in [-0.15, -0.1) is 21.5 Å². The number of rotatable bonds is 8. The van der Waals surface area contributed by atoms with E-state index in [0.717, 1.165) is 29.1 Å². The Morgan fingerprint density at radius 1 is 1.19 bits per heavy atom. The number of likely N-dealkylation sites (tertiary alicyclic amines) is 1. The Balaban J connectivity index is 1.37. The largest absolute Gasteiger partial charge is 0.433 e. The predicted molar refractivity (Wildman–Crippen MR) is 153 cm³/mol. The van der Waals surface area contributed by atoms with Crippen LogP contribution in [0.3, 0.4) is 0 Å². The number of nitrogens with zero attached hydrogens (tertiary/aromatic N) is 7. The van der Waals surface area contributed by atoms with E-state index in [4.69, 9.17) is 14.9 Å². The molecule has 0 aliphatic carbocycles. The van der Waals surface area contributed by atoms with Gasteiger partial charge in [0.05, 0.1) is 6.04 Å². The van der Waals surface area contributed by atoms with Crippen molar-refractivity contribution >= 4 is 23.3 Å². The van der Waals surface area contributed by atoms with Crippen molar-refractivity contribution in [3.05, 3.63) is 94.3 Å². The van der Waals surface area contributed by atoms with E-state index in [2.05, 4.69) is 25.1 Å². The van der Waals surface area contributed by atoms with Gasteiger partial charge in [0.2, 0.25) is 0 Å². The molecule has 0 saturated carbocycles. The Kier molecular flexibility index (Phi) is 7.25. The van der Waals surface area contributed by atoms with E-state index in [0.29, 0.717) is 17.9 Å². The number of primary amides is 1. The van der Waals surface area contributed by atoms with E-state index in [1.54, 1.807) is 53.7 Å². The fraction of sp³-hybridized carbons (Fsp3) is 0.276. The van der Waals surface area contributed by atoms with Gasteiger partial charge >= 0.3 is 6.09 Å². The molecule has 1 saturated heterocycles. The van der Waals surface area contributed by atoms with Crippen LogP contribution < -0.4 is 5.73 Å². The summed E-state index contributed by atoms with van der Waals surface area (Å²) in [5.41, 5.74) is 6.58. The van der Waals surface area contributed by atoms with Crippen molar-refractivity contribution in [3.8, 4) is 17.4 Å². The van der Waals surface area contributed by atoms with Gasteiger partial charge in [-0.2, -0.15) is 0 Å². The standard InChI is InChI=1S/C29H28N8O4S/c1-18-16-42-25(32-18)22-9-6-11-37(22)26(38)20-13-21(33-23(14-20)36-12-10-31-17-36)24-34-35-27(40-24)29(2,41-28(30)39)15-19-7-4-3-5-8-19/h3-5,7-8,10,12-14,16-17,22H,6,9,11,15H2,1-2H3,(H2,30,39)/t22-,29-/m1/s1. The lowest BCUT2D eigenvalue weighted by molar-refractivity contribution is 0.00732. The smallest absolute Gasteiger partial charge is 0.405 e. The number of imidazole rings is 1. The van der Waals surface area contributed by atoms with Gasteiger partial charge in [-0.1, -0.05) is 30.3 Å². The highest BCUT2D eigenvalue weighted by molar-refractivity contribution is 7.09. The topological polar surface area (TPSA) is 155 Å². The number of benzene rings is 1. The summed E-state index contributed by atoms with van der Waals surface area (Å²) in [4.78, 5) is 41.1. The molecule has 2 atom stereocenters. The lowest BCUT2D eigenvalue weighted by atomic mass is 9.96. The number of aryl methyl sites for hydroxylation is 1. The fourth-order valence-electron chi connectivity index (χ4n) is 5.14. The van der Waals surface area contributed by atoms with Crippen molar-refractivity contribution in [3.63, 3.8) is 0 Å². The highest BCUT2D eigenvalue weighted by Crippen LogP contribution is 2.36. The molecule has 5 aromatic rings. The summed E-state index contributed by atoms with van der Waals surface area (Å²) >= 11 is 1.57. The highest BCUT2D eigenvalue weighted by atomic mass is 32.1. The number of pyridine rings is 1. The average Bonchev–Trinajstić information content (AvgIpc) is 3.79. The van der Waals surface area contributed by atoms with Gasteiger partial charge in [-0.05, 0) is 44.4 Å². The number of amides is 2. The molecule has 13 heteroatoms. The van der Waals surface area contributed by atoms with Crippen LogP contribution in [0.2, 0.25) is 0 Å². The summed E-state index contributed by atoms with van der Waals surface area (Å²) in [6.07, 6.45) is 5.95. The fourth-order valence-corrected chi connectivity index (χ4v) is 6.08. The Morgan fingerprint density at radius 2 is 2.02 bits per heavy atom. The number of hydrogen-bond donors (Lipinski definition) is 1. The SMILES string of the molecule is Cc1csc([C@H]2CCCN2C(=O)c2cc(-c3nnc([C@@](C)(Cc4ccccc4)OC(N)=O)o3)nc(-n3ccnc3)c2)n1. The zero-order valence-corrected chi connectivity index (χ0v) is 23.8. The van der Waals surface area contributed by atoms with Gasteiger partial charge in [0.25, 0.3) is 17.7 Å². The number of carbonyl (C=O) groups is 2. The third-order valence-corrected chi connectivity index (χ3v) is 8.13. The Morgan fingerprint density at radius 3 is 2.74 bits per heavy atom. The Labute approximate surface area is 245 Å². The van der Waals surface area contributed by atoms with Crippen LogP contribution in [0.4, 0.5) is 4.79 Å². The van der Waals surface area contributed by atoms with Crippen LogP contribution in [0.1, 0.15) is 58.3 Å². The summed E-state index contributed by atoms with van der Waals surface area (Å²) in [5, 5.41) is 11.3. The van der Waals surface area contributed by atoms with Crippen LogP contribution in [0.5, 0.6) is 0 Å². The van der Waals surface area contributed by atoms with Crippen molar-refractivity contribution in [1.82, 2.24) is 34.6 Å². The summed E-state index contributed by atoms with van der Waals surface area (Å²) < 4.78 is 13.2. The van der Waals surface area contributed by atoms with E-state index >= 15 is 0 Å². The second-order valence-corrected chi connectivity index (χ2v) is 11.2. The summed E-state index contributed by atoms with van der Waals surface area (Å²) in [6.45, 7) is 4.22. The molecule has 0 spiro atoms. The minimum absolute atomic E-state index is 0.0432. The highest BCUT2D eigenvalue weighted by Gasteiger charge is 2.38. The van der Waals surface area contributed by atoms with Crippen LogP contribution in [-0.2, 0) is 16.8 Å². The molecule has 0 radical (unpaired) electrons. The Bertz CT molecular complexity index is 1720. The first-order valence-corrected chi connectivity index (χ1v) is 14.3. The molecule has 2 N–H and O–H groups in total. The molecule has 214 valence electrons. The second-order valence-electron chi connectivity index (χ2n) is 10.3. The molecule has 0 bridgehead atoms. The molecule has 42 heavy (non-hydrogen) atoms. The summed E-state index contributed by atoms with van der Waals surface area (Å²) in [6, 6.07) is 12.7. The second kappa shape index (κ2) is 11.2. The molecule has 1 fully saturated rings. The van der Waals surface area contributed by atoms with Gasteiger partial charge in [0, 0.05) is 42.0 Å². The summed E-state index contributed by atoms with van der Waals surface area (Å²) in [5.74, 6) is 0.402. The van der Waals surface area contributed by atoms with Crippen LogP contribution >= 0.6 is 11.3 Å². The molecule has 1 aliphatic rings. The molecule has 1 aromatic carbocycles. The number of carbonyl (C=O) groups excluding carboxylic acids is 2. The van der Waals surface area contributed by atoms with Gasteiger partial charge in [0.15, 0.2) is 5.60 Å². The maximum absolute atomic E-state index is 13.9. The molecular formula is C29H28N8O4S. The van der Waals surface area contributed by atoms with Crippen molar-refractivity contribution in [1.29, 1.82) is 0 Å². The first-order valence-electron chi connectivity index (χ1n) is 13.4. The van der Waals surface area contributed by atoms with E-state index in [-0.39, 0.29) is 35.8 Å². The first-order chi connectivity index (χ1) is 20.3. The van der Waals surface area contributed by atoms with Crippen molar-refractivity contribution in [2.75, 3.05) is 6.54 Å². The Hall–Kier alpha value is -4.91. The lowest BCUT2D eigenvalue weighted by Gasteiger charge is -2.25. The molecule has 5 heterocycles. The van der Waals surface area contributed by atoms with E-state index in [1.165, 1.54) is 0 Å². The monoisotopic (exact) mass is 584 g/mol.